The Balaban J connectivity index is 2.10. The number of ether oxygens (including phenoxy) is 1. The first-order valence-corrected chi connectivity index (χ1v) is 10.5. The number of aryl methyl sites for hydroxylation is 3. The Hall–Kier alpha value is -3.52. The van der Waals surface area contributed by atoms with Gasteiger partial charge in [-0.1, -0.05) is 35.9 Å². The number of carbonyl (C=O) groups is 1. The predicted molar refractivity (Wildman–Crippen MR) is 123 cm³/mol. The second-order valence-electron chi connectivity index (χ2n) is 7.79. The number of hydrogen-bond acceptors (Lipinski definition) is 5. The monoisotopic (exact) mass is 436 g/mol. The third-order valence-corrected chi connectivity index (χ3v) is 5.28. The van der Waals surface area contributed by atoms with Gasteiger partial charge in [-0.15, -0.1) is 0 Å². The average Bonchev–Trinajstić information content (AvgIpc) is 2.77. The van der Waals surface area contributed by atoms with Gasteiger partial charge in [0.1, 0.15) is 0 Å². The van der Waals surface area contributed by atoms with Crippen molar-refractivity contribution >= 4 is 5.91 Å². The van der Waals surface area contributed by atoms with Crippen LogP contribution in [0.4, 0.5) is 0 Å². The summed E-state index contributed by atoms with van der Waals surface area (Å²) in [6.07, 6.45) is 0.594. The normalized spacial score (nSPS) is 10.9. The van der Waals surface area contributed by atoms with Crippen LogP contribution in [0.1, 0.15) is 39.2 Å². The lowest BCUT2D eigenvalue weighted by Gasteiger charge is -2.13. The van der Waals surface area contributed by atoms with E-state index in [2.05, 4.69) is 10.4 Å². The molecule has 1 amide bonds. The maximum absolute atomic E-state index is 13.2. The number of rotatable bonds is 8. The van der Waals surface area contributed by atoms with Gasteiger partial charge in [0.05, 0.1) is 12.2 Å². The van der Waals surface area contributed by atoms with Crippen LogP contribution in [0.15, 0.2) is 52.1 Å². The number of carbonyl (C=O) groups excluding carboxylic acids is 1. The molecule has 0 fully saturated rings. The molecular formula is C24H28N4O4. The molecule has 3 aromatic rings. The summed E-state index contributed by atoms with van der Waals surface area (Å²) in [6, 6.07) is 13.0. The highest BCUT2D eigenvalue weighted by Gasteiger charge is 2.20. The average molecular weight is 437 g/mol. The number of nitrogens with zero attached hydrogens (tertiary/aromatic N) is 3. The van der Waals surface area contributed by atoms with Gasteiger partial charge in [-0.05, 0) is 56.0 Å². The first kappa shape index (κ1) is 23.1. The fraction of sp³-hybridized carbons (Fsp3) is 0.333. The summed E-state index contributed by atoms with van der Waals surface area (Å²) in [5, 5.41) is 6.84. The number of nitrogens with one attached hydrogen (secondary N) is 1. The fourth-order valence-electron chi connectivity index (χ4n) is 3.20. The van der Waals surface area contributed by atoms with Crippen molar-refractivity contribution in [3.63, 3.8) is 0 Å². The van der Waals surface area contributed by atoms with Crippen LogP contribution < -0.4 is 16.6 Å². The number of methoxy groups -OCH3 is 1. The number of hydrogen-bond donors (Lipinski definition) is 1. The fourth-order valence-corrected chi connectivity index (χ4v) is 3.20. The van der Waals surface area contributed by atoms with E-state index in [0.29, 0.717) is 25.3 Å². The van der Waals surface area contributed by atoms with E-state index < -0.39 is 17.2 Å². The minimum Gasteiger partial charge on any atom is -0.385 e. The molecule has 168 valence electrons. The summed E-state index contributed by atoms with van der Waals surface area (Å²) < 4.78 is 7.15. The van der Waals surface area contributed by atoms with Crippen LogP contribution in [0.2, 0.25) is 0 Å². The third kappa shape index (κ3) is 5.20. The number of benzene rings is 2. The lowest BCUT2D eigenvalue weighted by Crippen LogP contribution is -2.46. The Labute approximate surface area is 186 Å². The van der Waals surface area contributed by atoms with Gasteiger partial charge in [-0.3, -0.25) is 14.2 Å². The Morgan fingerprint density at radius 2 is 1.75 bits per heavy atom. The molecule has 0 saturated heterocycles. The molecule has 8 nitrogen and oxygen atoms in total. The molecule has 0 bridgehead atoms. The molecule has 3 rings (SSSR count). The summed E-state index contributed by atoms with van der Waals surface area (Å²) in [5.41, 5.74) is 2.72. The maximum atomic E-state index is 13.2. The maximum Gasteiger partial charge on any atom is 0.352 e. The molecule has 32 heavy (non-hydrogen) atoms. The number of amides is 1. The van der Waals surface area contributed by atoms with Gasteiger partial charge in [0.15, 0.2) is 0 Å². The Kier molecular flexibility index (Phi) is 7.37. The van der Waals surface area contributed by atoms with Gasteiger partial charge in [-0.2, -0.15) is 9.78 Å². The van der Waals surface area contributed by atoms with Crippen molar-refractivity contribution in [2.24, 2.45) is 0 Å². The number of aromatic nitrogens is 3. The Morgan fingerprint density at radius 3 is 2.41 bits per heavy atom. The highest BCUT2D eigenvalue weighted by Crippen LogP contribution is 2.12. The first-order valence-electron chi connectivity index (χ1n) is 10.5. The highest BCUT2D eigenvalue weighted by molar-refractivity contribution is 5.91. The highest BCUT2D eigenvalue weighted by atomic mass is 16.5. The second kappa shape index (κ2) is 10.2. The van der Waals surface area contributed by atoms with E-state index in [9.17, 15) is 14.4 Å². The predicted octanol–water partition coefficient (Wildman–Crippen LogP) is 2.13. The van der Waals surface area contributed by atoms with E-state index in [1.807, 2.05) is 57.2 Å². The summed E-state index contributed by atoms with van der Waals surface area (Å²) in [4.78, 5) is 39.1. The summed E-state index contributed by atoms with van der Waals surface area (Å²) in [6.45, 7) is 6.69. The van der Waals surface area contributed by atoms with Crippen molar-refractivity contribution in [2.45, 2.75) is 33.7 Å². The van der Waals surface area contributed by atoms with Crippen molar-refractivity contribution in [1.82, 2.24) is 19.7 Å². The van der Waals surface area contributed by atoms with Gasteiger partial charge in [-0.25, -0.2) is 4.79 Å². The summed E-state index contributed by atoms with van der Waals surface area (Å²) in [7, 11) is 1.58. The first-order chi connectivity index (χ1) is 15.3. The minimum atomic E-state index is -0.722. The van der Waals surface area contributed by atoms with Gasteiger partial charge in [0, 0.05) is 20.3 Å². The molecule has 1 aromatic heterocycles. The molecule has 2 aromatic carbocycles. The minimum absolute atomic E-state index is 0.0370. The molecule has 0 aliphatic heterocycles. The van der Waals surface area contributed by atoms with Crippen LogP contribution >= 0.6 is 0 Å². The van der Waals surface area contributed by atoms with Crippen LogP contribution in [0.5, 0.6) is 0 Å². The van der Waals surface area contributed by atoms with Crippen LogP contribution in [0.25, 0.3) is 5.69 Å². The van der Waals surface area contributed by atoms with E-state index in [0.717, 1.165) is 31.5 Å². The molecule has 0 unspecified atom stereocenters. The van der Waals surface area contributed by atoms with Crippen LogP contribution in [-0.2, 0) is 11.3 Å². The van der Waals surface area contributed by atoms with Crippen molar-refractivity contribution in [3.05, 3.63) is 91.3 Å². The zero-order valence-corrected chi connectivity index (χ0v) is 18.8. The van der Waals surface area contributed by atoms with Gasteiger partial charge in [0.2, 0.25) is 5.69 Å². The molecule has 0 saturated carbocycles. The van der Waals surface area contributed by atoms with Gasteiger partial charge in [0.25, 0.3) is 11.5 Å². The van der Waals surface area contributed by atoms with E-state index in [1.165, 1.54) is 0 Å². The molecule has 0 aliphatic carbocycles. The Bertz CT molecular complexity index is 1230. The van der Waals surface area contributed by atoms with Crippen molar-refractivity contribution in [3.8, 4) is 5.69 Å². The van der Waals surface area contributed by atoms with E-state index in [1.54, 1.807) is 13.2 Å². The summed E-state index contributed by atoms with van der Waals surface area (Å²) in [5.74, 6) is -0.624. The van der Waals surface area contributed by atoms with Crippen molar-refractivity contribution in [1.29, 1.82) is 0 Å². The molecule has 1 heterocycles. The second-order valence-corrected chi connectivity index (χ2v) is 7.79. The zero-order valence-electron chi connectivity index (χ0n) is 18.8. The topological polar surface area (TPSA) is 95.2 Å². The lowest BCUT2D eigenvalue weighted by molar-refractivity contribution is 0.0938. The largest absolute Gasteiger partial charge is 0.385 e. The van der Waals surface area contributed by atoms with E-state index in [-0.39, 0.29) is 12.2 Å². The smallest absolute Gasteiger partial charge is 0.352 e. The van der Waals surface area contributed by atoms with Crippen LogP contribution in [0.3, 0.4) is 0 Å². The third-order valence-electron chi connectivity index (χ3n) is 5.28. The van der Waals surface area contributed by atoms with Crippen LogP contribution in [-0.4, -0.2) is 40.5 Å². The quantitative estimate of drug-likeness (QED) is 0.546. The van der Waals surface area contributed by atoms with Crippen LogP contribution in [0, 0.1) is 20.8 Å². The molecule has 0 atom stereocenters. The SMILES string of the molecule is COCCCNC(=O)c1nn(-c2ccc(C)c(C)c2)c(=O)n(Cc2ccc(C)cc2)c1=O. The van der Waals surface area contributed by atoms with Crippen molar-refractivity contribution in [2.75, 3.05) is 20.3 Å². The zero-order chi connectivity index (χ0) is 23.3. The van der Waals surface area contributed by atoms with Crippen molar-refractivity contribution < 1.29 is 9.53 Å². The molecule has 0 radical (unpaired) electrons. The standard InChI is InChI=1S/C24H28N4O4/c1-16-6-9-19(10-7-16)15-27-23(30)21(22(29)25-12-5-13-32-4)26-28(24(27)31)20-11-8-17(2)18(3)14-20/h6-11,14H,5,12-13,15H2,1-4H3,(H,25,29). The molecule has 0 aliphatic rings. The summed E-state index contributed by atoms with van der Waals surface area (Å²) >= 11 is 0. The van der Waals surface area contributed by atoms with E-state index >= 15 is 0 Å². The molecule has 8 heteroatoms. The molecule has 1 N–H and O–H groups in total. The van der Waals surface area contributed by atoms with E-state index in [4.69, 9.17) is 4.74 Å². The molecule has 0 spiro atoms. The molecular weight excluding hydrogens is 408 g/mol. The van der Waals surface area contributed by atoms with Gasteiger partial charge < -0.3 is 10.1 Å². The Morgan fingerprint density at radius 1 is 1.03 bits per heavy atom. The lowest BCUT2D eigenvalue weighted by atomic mass is 10.1. The van der Waals surface area contributed by atoms with Gasteiger partial charge >= 0.3 is 5.69 Å².